The first-order valence-electron chi connectivity index (χ1n) is 6.57. The lowest BCUT2D eigenvalue weighted by molar-refractivity contribution is 0.100. The van der Waals surface area contributed by atoms with Crippen molar-refractivity contribution in [3.8, 4) is 0 Å². The Morgan fingerprint density at radius 3 is 2.35 bits per heavy atom. The van der Waals surface area contributed by atoms with E-state index in [0.717, 1.165) is 17.6 Å². The maximum atomic E-state index is 11.9. The van der Waals surface area contributed by atoms with Crippen molar-refractivity contribution in [2.24, 2.45) is 16.5 Å². The van der Waals surface area contributed by atoms with Crippen molar-refractivity contribution < 1.29 is 9.59 Å². The summed E-state index contributed by atoms with van der Waals surface area (Å²) in [6.07, 6.45) is 0. The molecule has 0 atom stereocenters. The highest BCUT2D eigenvalue weighted by atomic mass is 32.2. The van der Waals surface area contributed by atoms with Crippen molar-refractivity contribution >= 4 is 40.4 Å². The molecule has 2 aromatic rings. The van der Waals surface area contributed by atoms with Gasteiger partial charge in [-0.3, -0.25) is 9.59 Å². The van der Waals surface area contributed by atoms with E-state index < -0.39 is 5.91 Å². The van der Waals surface area contributed by atoms with Crippen LogP contribution in [-0.4, -0.2) is 17.1 Å². The predicted octanol–water partition coefficient (Wildman–Crippen LogP) is 2.39. The number of amides is 2. The van der Waals surface area contributed by atoms with E-state index in [4.69, 9.17) is 11.5 Å². The molecule has 6 N–H and O–H groups in total. The van der Waals surface area contributed by atoms with Crippen molar-refractivity contribution in [3.05, 3.63) is 60.2 Å². The zero-order valence-electron chi connectivity index (χ0n) is 12.0. The molecule has 0 saturated heterocycles. The molecule has 2 amide bonds. The minimum absolute atomic E-state index is 0.275. The summed E-state index contributed by atoms with van der Waals surface area (Å²) in [5.41, 5.74) is 11.9. The summed E-state index contributed by atoms with van der Waals surface area (Å²) in [5.74, 6) is -0.886. The first kappa shape index (κ1) is 16.4. The van der Waals surface area contributed by atoms with E-state index in [2.05, 4.69) is 15.0 Å². The molecule has 0 fully saturated rings. The molecule has 8 heteroatoms. The topological polar surface area (TPSA) is 123 Å². The lowest BCUT2D eigenvalue weighted by Gasteiger charge is -2.07. The molecule has 0 unspecified atom stereocenters. The molecule has 2 rings (SSSR count). The van der Waals surface area contributed by atoms with Gasteiger partial charge in [0.2, 0.25) is 0 Å². The van der Waals surface area contributed by atoms with Crippen LogP contribution in [0.4, 0.5) is 16.2 Å². The summed E-state index contributed by atoms with van der Waals surface area (Å²) < 4.78 is 2.91. The monoisotopic (exact) mass is 329 g/mol. The number of benzene rings is 2. The molecule has 0 spiro atoms. The zero-order valence-corrected chi connectivity index (χ0v) is 12.8. The number of hydrogen-bond acceptors (Lipinski definition) is 4. The van der Waals surface area contributed by atoms with Crippen molar-refractivity contribution in [1.29, 1.82) is 0 Å². The van der Waals surface area contributed by atoms with Gasteiger partial charge in [0.1, 0.15) is 0 Å². The Morgan fingerprint density at radius 1 is 0.957 bits per heavy atom. The summed E-state index contributed by atoms with van der Waals surface area (Å²) in [7, 11) is 0. The van der Waals surface area contributed by atoms with Gasteiger partial charge in [-0.15, -0.1) is 0 Å². The van der Waals surface area contributed by atoms with E-state index in [1.807, 2.05) is 30.3 Å². The smallest absolute Gasteiger partial charge is 0.303 e. The molecule has 0 aliphatic rings. The summed E-state index contributed by atoms with van der Waals surface area (Å²) in [5, 5.41) is 2.34. The maximum absolute atomic E-state index is 11.9. The van der Waals surface area contributed by atoms with E-state index in [0.29, 0.717) is 5.69 Å². The molecule has 118 valence electrons. The van der Waals surface area contributed by atoms with Crippen LogP contribution < -0.4 is 21.5 Å². The second-order valence-electron chi connectivity index (χ2n) is 4.41. The van der Waals surface area contributed by atoms with Crippen LogP contribution in [0, 0.1) is 0 Å². The Morgan fingerprint density at radius 2 is 1.65 bits per heavy atom. The third kappa shape index (κ3) is 5.36. The van der Waals surface area contributed by atoms with E-state index >= 15 is 0 Å². The van der Waals surface area contributed by atoms with Gasteiger partial charge >= 0.3 is 5.24 Å². The van der Waals surface area contributed by atoms with Gasteiger partial charge < -0.3 is 21.5 Å². The molecule has 0 heterocycles. The number of hydrogen-bond donors (Lipinski definition) is 4. The Balaban J connectivity index is 1.96. The highest BCUT2D eigenvalue weighted by Crippen LogP contribution is 2.16. The van der Waals surface area contributed by atoms with Gasteiger partial charge in [-0.25, -0.2) is 0 Å². The van der Waals surface area contributed by atoms with E-state index in [1.54, 1.807) is 18.2 Å². The lowest BCUT2D eigenvalue weighted by Crippen LogP contribution is -2.24. The van der Waals surface area contributed by atoms with Crippen molar-refractivity contribution in [1.82, 2.24) is 0 Å². The van der Waals surface area contributed by atoms with E-state index in [1.165, 1.54) is 6.07 Å². The Labute approximate surface area is 137 Å². The van der Waals surface area contributed by atoms with Crippen LogP contribution in [0.1, 0.15) is 10.4 Å². The number of para-hydroxylation sites is 1. The van der Waals surface area contributed by atoms with Crippen LogP contribution in [0.5, 0.6) is 0 Å². The van der Waals surface area contributed by atoms with Crippen LogP contribution in [-0.2, 0) is 0 Å². The number of anilines is 2. The van der Waals surface area contributed by atoms with Crippen LogP contribution in [0.3, 0.4) is 0 Å². The number of nitrogens with zero attached hydrogens (tertiary/aromatic N) is 1. The molecule has 7 nitrogen and oxygen atoms in total. The number of nitrogens with two attached hydrogens (primary N) is 2. The third-order valence-electron chi connectivity index (χ3n) is 2.62. The number of rotatable bonds is 4. The van der Waals surface area contributed by atoms with Gasteiger partial charge in [0.05, 0.1) is 0 Å². The maximum Gasteiger partial charge on any atom is 0.303 e. The van der Waals surface area contributed by atoms with Crippen LogP contribution in [0.15, 0.2) is 59.6 Å². The molecular formula is C15H15N5O2S. The number of carbonyl (C=O) groups excluding carboxylic acids is 2. The molecule has 2 aromatic carbocycles. The van der Waals surface area contributed by atoms with E-state index in [9.17, 15) is 9.59 Å². The minimum atomic E-state index is -0.573. The van der Waals surface area contributed by atoms with Gasteiger partial charge in [-0.2, -0.15) is 4.99 Å². The van der Waals surface area contributed by atoms with Gasteiger partial charge in [0, 0.05) is 28.9 Å². The SMILES string of the molecule is NC(N)=NC(=O)c1cccc(NC(=O)SNc2ccccc2)c1. The van der Waals surface area contributed by atoms with Crippen molar-refractivity contribution in [3.63, 3.8) is 0 Å². The molecule has 0 aliphatic carbocycles. The van der Waals surface area contributed by atoms with Crippen LogP contribution >= 0.6 is 11.9 Å². The fourth-order valence-electron chi connectivity index (χ4n) is 1.67. The number of carbonyl (C=O) groups is 2. The molecule has 0 aromatic heterocycles. The number of aliphatic imine (C=N–C) groups is 1. The average molecular weight is 329 g/mol. The molecular weight excluding hydrogens is 314 g/mol. The van der Waals surface area contributed by atoms with Gasteiger partial charge in [-0.1, -0.05) is 24.3 Å². The van der Waals surface area contributed by atoms with Gasteiger partial charge in [-0.05, 0) is 30.3 Å². The number of guanidine groups is 1. The Bertz CT molecular complexity index is 730. The summed E-state index contributed by atoms with van der Waals surface area (Å²) in [4.78, 5) is 27.1. The van der Waals surface area contributed by atoms with Crippen molar-refractivity contribution in [2.45, 2.75) is 0 Å². The van der Waals surface area contributed by atoms with Crippen molar-refractivity contribution in [2.75, 3.05) is 10.0 Å². The highest BCUT2D eigenvalue weighted by Gasteiger charge is 2.08. The van der Waals surface area contributed by atoms with Crippen LogP contribution in [0.25, 0.3) is 0 Å². The quantitative estimate of drug-likeness (QED) is 0.388. The summed E-state index contributed by atoms with van der Waals surface area (Å²) in [6, 6.07) is 15.6. The number of nitrogens with one attached hydrogen (secondary N) is 2. The predicted molar refractivity (Wildman–Crippen MR) is 93.3 cm³/mol. The Hall–Kier alpha value is -3.00. The molecule has 0 saturated carbocycles. The summed E-state index contributed by atoms with van der Waals surface area (Å²) >= 11 is 0.897. The molecule has 0 radical (unpaired) electrons. The van der Waals surface area contributed by atoms with Gasteiger partial charge in [0.25, 0.3) is 5.91 Å². The Kier molecular flexibility index (Phi) is 5.59. The molecule has 23 heavy (non-hydrogen) atoms. The third-order valence-corrected chi connectivity index (χ3v) is 3.25. The lowest BCUT2D eigenvalue weighted by atomic mass is 10.2. The first-order valence-corrected chi connectivity index (χ1v) is 7.39. The molecule has 0 bridgehead atoms. The summed E-state index contributed by atoms with van der Waals surface area (Å²) in [6.45, 7) is 0. The first-order chi connectivity index (χ1) is 11.0. The normalized spacial score (nSPS) is 9.74. The fraction of sp³-hybridized carbons (Fsp3) is 0. The van der Waals surface area contributed by atoms with Crippen LogP contribution in [0.2, 0.25) is 0 Å². The largest absolute Gasteiger partial charge is 0.370 e. The highest BCUT2D eigenvalue weighted by molar-refractivity contribution is 8.15. The van der Waals surface area contributed by atoms with Gasteiger partial charge in [0.15, 0.2) is 5.96 Å². The zero-order chi connectivity index (χ0) is 16.7. The standard InChI is InChI=1S/C15H15N5O2S/c16-14(17)19-13(21)10-5-4-8-12(9-10)18-15(22)23-20-11-6-2-1-3-7-11/h1-9,20H,(H,18,22)(H4,16,17,19,21). The van der Waals surface area contributed by atoms with E-state index in [-0.39, 0.29) is 16.8 Å². The average Bonchev–Trinajstić information content (AvgIpc) is 2.53. The fourth-order valence-corrected chi connectivity index (χ4v) is 2.18. The second kappa shape index (κ2) is 7.85. The molecule has 0 aliphatic heterocycles. The second-order valence-corrected chi connectivity index (χ2v) is 5.18. The minimum Gasteiger partial charge on any atom is -0.370 e.